The first kappa shape index (κ1) is 13.6. The second-order valence-electron chi connectivity index (χ2n) is 3.91. The molecule has 0 unspecified atom stereocenters. The summed E-state index contributed by atoms with van der Waals surface area (Å²) in [6.07, 6.45) is 0. The quantitative estimate of drug-likeness (QED) is 0.876. The van der Waals surface area contributed by atoms with E-state index < -0.39 is 5.97 Å². The Morgan fingerprint density at radius 3 is 2.68 bits per heavy atom. The highest BCUT2D eigenvalue weighted by molar-refractivity contribution is 9.10. The van der Waals surface area contributed by atoms with Gasteiger partial charge in [-0.05, 0) is 24.6 Å². The van der Waals surface area contributed by atoms with Gasteiger partial charge in [-0.25, -0.2) is 4.68 Å². The van der Waals surface area contributed by atoms with Crippen LogP contribution in [-0.4, -0.2) is 22.4 Å². The van der Waals surface area contributed by atoms with Gasteiger partial charge in [0.1, 0.15) is 6.54 Å². The molecule has 2 aromatic rings. The molecule has 6 heteroatoms. The average Bonchev–Trinajstić information content (AvgIpc) is 2.72. The molecule has 0 aliphatic rings. The van der Waals surface area contributed by atoms with Gasteiger partial charge in [-0.2, -0.15) is 0 Å². The summed E-state index contributed by atoms with van der Waals surface area (Å²) in [4.78, 5) is 23.1. The van der Waals surface area contributed by atoms with Crippen LogP contribution in [-0.2, 0) is 16.1 Å². The number of ether oxygens (including phenoxy) is 1. The molecule has 0 fully saturated rings. The van der Waals surface area contributed by atoms with E-state index in [0.717, 1.165) is 10.0 Å². The first-order valence-corrected chi connectivity index (χ1v) is 6.61. The van der Waals surface area contributed by atoms with E-state index in [0.29, 0.717) is 12.3 Å². The molecule has 1 heterocycles. The summed E-state index contributed by atoms with van der Waals surface area (Å²) < 4.78 is 7.00. The second-order valence-corrected chi connectivity index (χ2v) is 4.82. The normalized spacial score (nSPS) is 10.4. The molecule has 100 valence electrons. The van der Waals surface area contributed by atoms with E-state index in [4.69, 9.17) is 4.74 Å². The van der Waals surface area contributed by atoms with E-state index in [2.05, 4.69) is 21.0 Å². The molecule has 0 aliphatic heterocycles. The van der Waals surface area contributed by atoms with E-state index in [1.54, 1.807) is 6.92 Å². The van der Waals surface area contributed by atoms with E-state index in [-0.39, 0.29) is 12.1 Å². The van der Waals surface area contributed by atoms with Gasteiger partial charge in [0.15, 0.2) is 0 Å². The molecular formula is C13H13BrN2O3. The number of carbonyl (C=O) groups excluding carboxylic acids is 1. The lowest BCUT2D eigenvalue weighted by Crippen LogP contribution is -2.22. The van der Waals surface area contributed by atoms with Crippen LogP contribution in [0.15, 0.2) is 39.6 Å². The predicted octanol–water partition coefficient (Wildman–Crippen LogP) is 2.17. The summed E-state index contributed by atoms with van der Waals surface area (Å²) in [6.45, 7) is 1.92. The maximum absolute atomic E-state index is 11.7. The molecule has 5 nitrogen and oxygen atoms in total. The van der Waals surface area contributed by atoms with Crippen LogP contribution in [0, 0.1) is 0 Å². The third-order valence-electron chi connectivity index (χ3n) is 2.54. The van der Waals surface area contributed by atoms with E-state index in [1.807, 2.05) is 24.3 Å². The standard InChI is InChI=1S/C13H13BrN2O3/c1-2-19-13(18)8-16-12(17)7-11(15-16)9-3-5-10(14)6-4-9/h3-7,15H,2,8H2,1H3. The van der Waals surface area contributed by atoms with Crippen LogP contribution >= 0.6 is 15.9 Å². The fraction of sp³-hybridized carbons (Fsp3) is 0.231. The van der Waals surface area contributed by atoms with Crippen molar-refractivity contribution in [2.45, 2.75) is 13.5 Å². The van der Waals surface area contributed by atoms with Gasteiger partial charge < -0.3 is 4.74 Å². The Labute approximate surface area is 118 Å². The lowest BCUT2D eigenvalue weighted by molar-refractivity contribution is -0.144. The smallest absolute Gasteiger partial charge is 0.327 e. The Hall–Kier alpha value is -1.82. The maximum Gasteiger partial charge on any atom is 0.327 e. The molecule has 0 amide bonds. The molecule has 0 radical (unpaired) electrons. The molecule has 0 saturated carbocycles. The van der Waals surface area contributed by atoms with Crippen molar-refractivity contribution >= 4 is 21.9 Å². The van der Waals surface area contributed by atoms with Crippen LogP contribution in [0.3, 0.4) is 0 Å². The van der Waals surface area contributed by atoms with Gasteiger partial charge in [-0.15, -0.1) is 0 Å². The monoisotopic (exact) mass is 324 g/mol. The first-order chi connectivity index (χ1) is 9.10. The summed E-state index contributed by atoms with van der Waals surface area (Å²) in [5, 5.41) is 2.89. The number of aromatic amines is 1. The molecular weight excluding hydrogens is 312 g/mol. The summed E-state index contributed by atoms with van der Waals surface area (Å²) in [6, 6.07) is 8.99. The van der Waals surface area contributed by atoms with E-state index >= 15 is 0 Å². The fourth-order valence-corrected chi connectivity index (χ4v) is 1.93. The van der Waals surface area contributed by atoms with Gasteiger partial charge in [0.2, 0.25) is 0 Å². The van der Waals surface area contributed by atoms with Crippen molar-refractivity contribution in [3.8, 4) is 11.3 Å². The van der Waals surface area contributed by atoms with Crippen LogP contribution in [0.25, 0.3) is 11.3 Å². The maximum atomic E-state index is 11.7. The van der Waals surface area contributed by atoms with Crippen molar-refractivity contribution in [1.29, 1.82) is 0 Å². The SMILES string of the molecule is CCOC(=O)Cn1[nH]c(-c2ccc(Br)cc2)cc1=O. The number of H-pyrrole nitrogens is 1. The van der Waals surface area contributed by atoms with Gasteiger partial charge in [-0.3, -0.25) is 14.7 Å². The Kier molecular flexibility index (Phi) is 4.21. The lowest BCUT2D eigenvalue weighted by atomic mass is 10.2. The molecule has 19 heavy (non-hydrogen) atoms. The van der Waals surface area contributed by atoms with Gasteiger partial charge in [0, 0.05) is 10.5 Å². The highest BCUT2D eigenvalue weighted by atomic mass is 79.9. The van der Waals surface area contributed by atoms with Crippen molar-refractivity contribution < 1.29 is 9.53 Å². The molecule has 0 spiro atoms. The minimum atomic E-state index is -0.436. The number of nitrogens with one attached hydrogen (secondary N) is 1. The molecule has 1 aromatic heterocycles. The average molecular weight is 325 g/mol. The largest absolute Gasteiger partial charge is 0.465 e. The molecule has 2 rings (SSSR count). The number of esters is 1. The topological polar surface area (TPSA) is 64.1 Å². The lowest BCUT2D eigenvalue weighted by Gasteiger charge is -2.02. The Morgan fingerprint density at radius 1 is 1.37 bits per heavy atom. The molecule has 0 saturated heterocycles. The van der Waals surface area contributed by atoms with Crippen LogP contribution in [0.2, 0.25) is 0 Å². The predicted molar refractivity (Wildman–Crippen MR) is 74.8 cm³/mol. The first-order valence-electron chi connectivity index (χ1n) is 5.81. The second kappa shape index (κ2) is 5.88. The highest BCUT2D eigenvalue weighted by Gasteiger charge is 2.09. The summed E-state index contributed by atoms with van der Waals surface area (Å²) in [5.74, 6) is -0.436. The minimum absolute atomic E-state index is 0.108. The van der Waals surface area contributed by atoms with Gasteiger partial charge in [0.05, 0.1) is 12.3 Å². The van der Waals surface area contributed by atoms with Crippen molar-refractivity contribution in [3.63, 3.8) is 0 Å². The fourth-order valence-electron chi connectivity index (χ4n) is 1.66. The number of carbonyl (C=O) groups is 1. The number of hydrogen-bond acceptors (Lipinski definition) is 3. The molecule has 0 bridgehead atoms. The van der Waals surface area contributed by atoms with E-state index in [9.17, 15) is 9.59 Å². The van der Waals surface area contributed by atoms with Gasteiger partial charge >= 0.3 is 5.97 Å². The van der Waals surface area contributed by atoms with Crippen LogP contribution in [0.1, 0.15) is 6.92 Å². The number of halogens is 1. The van der Waals surface area contributed by atoms with Crippen molar-refractivity contribution in [2.75, 3.05) is 6.61 Å². The van der Waals surface area contributed by atoms with Crippen molar-refractivity contribution in [2.24, 2.45) is 0 Å². The van der Waals surface area contributed by atoms with Gasteiger partial charge in [-0.1, -0.05) is 28.1 Å². The Balaban J connectivity index is 2.23. The van der Waals surface area contributed by atoms with Crippen molar-refractivity contribution in [3.05, 3.63) is 45.2 Å². The number of nitrogens with zero attached hydrogens (tertiary/aromatic N) is 1. The number of benzene rings is 1. The summed E-state index contributed by atoms with van der Waals surface area (Å²) >= 11 is 3.35. The van der Waals surface area contributed by atoms with Crippen LogP contribution in [0.4, 0.5) is 0 Å². The molecule has 1 N–H and O–H groups in total. The third-order valence-corrected chi connectivity index (χ3v) is 3.07. The van der Waals surface area contributed by atoms with Gasteiger partial charge in [0.25, 0.3) is 5.56 Å². The highest BCUT2D eigenvalue weighted by Crippen LogP contribution is 2.18. The zero-order valence-corrected chi connectivity index (χ0v) is 11.9. The minimum Gasteiger partial charge on any atom is -0.465 e. The summed E-state index contributed by atoms with van der Waals surface area (Å²) in [7, 11) is 0. The molecule has 1 aromatic carbocycles. The Morgan fingerprint density at radius 2 is 2.05 bits per heavy atom. The molecule has 0 atom stereocenters. The summed E-state index contributed by atoms with van der Waals surface area (Å²) in [5.41, 5.74) is 1.29. The zero-order valence-electron chi connectivity index (χ0n) is 10.4. The van der Waals surface area contributed by atoms with Crippen LogP contribution < -0.4 is 5.56 Å². The zero-order chi connectivity index (χ0) is 13.8. The third kappa shape index (κ3) is 3.35. The Bertz CT molecular complexity index is 628. The number of hydrogen-bond donors (Lipinski definition) is 1. The molecule has 0 aliphatic carbocycles. The van der Waals surface area contributed by atoms with Crippen LogP contribution in [0.5, 0.6) is 0 Å². The van der Waals surface area contributed by atoms with E-state index in [1.165, 1.54) is 10.7 Å². The van der Waals surface area contributed by atoms with Crippen molar-refractivity contribution in [1.82, 2.24) is 9.78 Å². The number of aromatic nitrogens is 2. The number of rotatable bonds is 4.